The number of hydrogen-bond donors (Lipinski definition) is 0. The Balaban J connectivity index is 1.44. The highest BCUT2D eigenvalue weighted by Crippen LogP contribution is 2.48. The molecular formula is C38H22OS. The van der Waals surface area contributed by atoms with E-state index in [4.69, 9.17) is 4.42 Å². The Morgan fingerprint density at radius 3 is 1.82 bits per heavy atom. The van der Waals surface area contributed by atoms with Crippen molar-refractivity contribution in [3.05, 3.63) is 134 Å². The summed E-state index contributed by atoms with van der Waals surface area (Å²) in [5.74, 6) is 0. The van der Waals surface area contributed by atoms with Crippen LogP contribution in [0.3, 0.4) is 0 Å². The molecule has 1 nitrogen and oxygen atoms in total. The molecule has 0 aliphatic carbocycles. The molecule has 0 atom stereocenters. The topological polar surface area (TPSA) is 13.1 Å². The minimum absolute atomic E-state index is 0.949. The van der Waals surface area contributed by atoms with Crippen molar-refractivity contribution in [2.24, 2.45) is 0 Å². The lowest BCUT2D eigenvalue weighted by molar-refractivity contribution is 0.617. The van der Waals surface area contributed by atoms with Crippen LogP contribution in [0.5, 0.6) is 0 Å². The van der Waals surface area contributed by atoms with Gasteiger partial charge in [0.25, 0.3) is 0 Å². The molecule has 0 aliphatic heterocycles. The third-order valence-electron chi connectivity index (χ3n) is 8.32. The van der Waals surface area contributed by atoms with E-state index in [0.717, 1.165) is 11.1 Å². The van der Waals surface area contributed by atoms with Crippen LogP contribution in [0.25, 0.3) is 85.7 Å². The molecule has 2 heterocycles. The van der Waals surface area contributed by atoms with Crippen LogP contribution < -0.4 is 0 Å². The summed E-state index contributed by atoms with van der Waals surface area (Å²) < 4.78 is 8.89. The number of thiophene rings is 1. The fourth-order valence-corrected chi connectivity index (χ4v) is 7.78. The van der Waals surface area contributed by atoms with Gasteiger partial charge < -0.3 is 4.42 Å². The van der Waals surface area contributed by atoms with Crippen molar-refractivity contribution < 1.29 is 4.42 Å². The zero-order chi connectivity index (χ0) is 26.2. The molecule has 0 amide bonds. The average molecular weight is 527 g/mol. The first-order chi connectivity index (χ1) is 19.8. The van der Waals surface area contributed by atoms with Crippen LogP contribution in [0.2, 0.25) is 0 Å². The van der Waals surface area contributed by atoms with Gasteiger partial charge in [0.1, 0.15) is 5.58 Å². The van der Waals surface area contributed by atoms with Gasteiger partial charge in [0.05, 0.1) is 6.26 Å². The Morgan fingerprint density at radius 1 is 0.450 bits per heavy atom. The predicted molar refractivity (Wildman–Crippen MR) is 172 cm³/mol. The molecule has 0 saturated carbocycles. The van der Waals surface area contributed by atoms with Crippen LogP contribution in [0.1, 0.15) is 0 Å². The molecule has 0 spiro atoms. The zero-order valence-electron chi connectivity index (χ0n) is 21.5. The van der Waals surface area contributed by atoms with E-state index in [1.807, 2.05) is 17.6 Å². The lowest BCUT2D eigenvalue weighted by Crippen LogP contribution is -1.91. The van der Waals surface area contributed by atoms with E-state index in [1.54, 1.807) is 0 Å². The van der Waals surface area contributed by atoms with Gasteiger partial charge >= 0.3 is 0 Å². The number of furan rings is 1. The minimum atomic E-state index is 0.949. The molecule has 0 bridgehead atoms. The Kier molecular flexibility index (Phi) is 4.55. The van der Waals surface area contributed by atoms with E-state index in [9.17, 15) is 0 Å². The molecule has 186 valence electrons. The summed E-state index contributed by atoms with van der Waals surface area (Å²) >= 11 is 1.86. The van der Waals surface area contributed by atoms with Crippen molar-refractivity contribution in [1.29, 1.82) is 0 Å². The van der Waals surface area contributed by atoms with Gasteiger partial charge in [-0.25, -0.2) is 0 Å². The van der Waals surface area contributed by atoms with Crippen molar-refractivity contribution in [2.45, 2.75) is 0 Å². The maximum absolute atomic E-state index is 6.30. The fraction of sp³-hybridized carbons (Fsp3) is 0. The Labute approximate surface area is 234 Å². The highest BCUT2D eigenvalue weighted by molar-refractivity contribution is 7.26. The summed E-state index contributed by atoms with van der Waals surface area (Å²) in [6, 6.07) is 46.3. The van der Waals surface area contributed by atoms with Gasteiger partial charge in [-0.15, -0.1) is 11.3 Å². The van der Waals surface area contributed by atoms with Gasteiger partial charge in [-0.05, 0) is 67.7 Å². The van der Waals surface area contributed by atoms with Crippen molar-refractivity contribution in [3.63, 3.8) is 0 Å². The molecule has 7 aromatic carbocycles. The lowest BCUT2D eigenvalue weighted by atomic mass is 9.85. The standard InChI is InChI=1S/C38H22OS/c1-2-10-24-21-25(18-17-23(24)9-1)35-26-11-3-5-13-28(26)36(29-14-6-4-12-27(29)35)32-22-34-37(31-19-20-39-38(31)32)30-15-7-8-16-33(30)40-34/h1-22H. The van der Waals surface area contributed by atoms with Crippen LogP contribution in [-0.2, 0) is 0 Å². The van der Waals surface area contributed by atoms with Crippen molar-refractivity contribution in [1.82, 2.24) is 0 Å². The summed E-state index contributed by atoms with van der Waals surface area (Å²) in [6.07, 6.45) is 1.84. The van der Waals surface area contributed by atoms with Gasteiger partial charge in [-0.3, -0.25) is 0 Å². The normalized spacial score (nSPS) is 12.0. The van der Waals surface area contributed by atoms with Crippen LogP contribution >= 0.6 is 11.3 Å². The zero-order valence-corrected chi connectivity index (χ0v) is 22.3. The first-order valence-corrected chi connectivity index (χ1v) is 14.4. The molecule has 0 radical (unpaired) electrons. The third kappa shape index (κ3) is 3.03. The Bertz CT molecular complexity index is 2380. The van der Waals surface area contributed by atoms with Crippen LogP contribution in [-0.4, -0.2) is 0 Å². The van der Waals surface area contributed by atoms with E-state index in [1.165, 1.54) is 74.6 Å². The molecule has 0 unspecified atom stereocenters. The smallest absolute Gasteiger partial charge is 0.142 e. The largest absolute Gasteiger partial charge is 0.464 e. The van der Waals surface area contributed by atoms with Gasteiger partial charge in [0.15, 0.2) is 0 Å². The van der Waals surface area contributed by atoms with Crippen LogP contribution in [0.4, 0.5) is 0 Å². The second-order valence-corrected chi connectivity index (χ2v) is 11.5. The Hall–Kier alpha value is -4.92. The van der Waals surface area contributed by atoms with E-state index in [-0.39, 0.29) is 0 Å². The predicted octanol–water partition coefficient (Wildman–Crippen LogP) is 11.6. The Morgan fingerprint density at radius 2 is 1.07 bits per heavy atom. The molecule has 0 aliphatic rings. The molecule has 0 fully saturated rings. The van der Waals surface area contributed by atoms with Crippen LogP contribution in [0.15, 0.2) is 138 Å². The number of fused-ring (bicyclic) bond motifs is 8. The van der Waals surface area contributed by atoms with E-state index >= 15 is 0 Å². The fourth-order valence-electron chi connectivity index (χ4n) is 6.62. The van der Waals surface area contributed by atoms with Crippen molar-refractivity contribution in [2.75, 3.05) is 0 Å². The van der Waals surface area contributed by atoms with E-state index in [2.05, 4.69) is 127 Å². The summed E-state index contributed by atoms with van der Waals surface area (Å²) in [7, 11) is 0. The SMILES string of the molecule is c1ccc2cc(-c3c4ccccc4c(-c4cc5sc6ccccc6c5c5ccoc45)c4ccccc34)ccc2c1. The molecule has 40 heavy (non-hydrogen) atoms. The summed E-state index contributed by atoms with van der Waals surface area (Å²) in [4.78, 5) is 0. The molecular weight excluding hydrogens is 504 g/mol. The number of benzene rings is 7. The molecule has 0 N–H and O–H groups in total. The van der Waals surface area contributed by atoms with Crippen molar-refractivity contribution in [3.8, 4) is 22.3 Å². The maximum Gasteiger partial charge on any atom is 0.142 e. The first kappa shape index (κ1) is 22.0. The van der Waals surface area contributed by atoms with E-state index < -0.39 is 0 Å². The van der Waals surface area contributed by atoms with Gasteiger partial charge in [0, 0.05) is 36.7 Å². The third-order valence-corrected chi connectivity index (χ3v) is 9.43. The summed E-state index contributed by atoms with van der Waals surface area (Å²) in [5.41, 5.74) is 5.84. The number of hydrogen-bond acceptors (Lipinski definition) is 2. The highest BCUT2D eigenvalue weighted by atomic mass is 32.1. The molecule has 2 aromatic heterocycles. The van der Waals surface area contributed by atoms with Gasteiger partial charge in [0.2, 0.25) is 0 Å². The molecule has 0 saturated heterocycles. The van der Waals surface area contributed by atoms with Crippen molar-refractivity contribution >= 4 is 74.8 Å². The van der Waals surface area contributed by atoms with E-state index in [0.29, 0.717) is 0 Å². The average Bonchev–Trinajstić information content (AvgIpc) is 3.64. The molecule has 9 rings (SSSR count). The highest BCUT2D eigenvalue weighted by Gasteiger charge is 2.21. The molecule has 2 heteroatoms. The number of rotatable bonds is 2. The quantitative estimate of drug-likeness (QED) is 0.204. The molecule has 9 aromatic rings. The summed E-state index contributed by atoms with van der Waals surface area (Å²) in [6.45, 7) is 0. The van der Waals surface area contributed by atoms with Crippen LogP contribution in [0, 0.1) is 0 Å². The second-order valence-electron chi connectivity index (χ2n) is 10.5. The monoisotopic (exact) mass is 526 g/mol. The first-order valence-electron chi connectivity index (χ1n) is 13.6. The minimum Gasteiger partial charge on any atom is -0.464 e. The summed E-state index contributed by atoms with van der Waals surface area (Å²) in [5, 5.41) is 11.3. The van der Waals surface area contributed by atoms with Gasteiger partial charge in [-0.2, -0.15) is 0 Å². The van der Waals surface area contributed by atoms with Gasteiger partial charge in [-0.1, -0.05) is 103 Å². The lowest BCUT2D eigenvalue weighted by Gasteiger charge is -2.18. The second kappa shape index (κ2) is 8.29. The maximum atomic E-state index is 6.30.